The Kier molecular flexibility index (Phi) is 6.88. The molecule has 0 unspecified atom stereocenters. The summed E-state index contributed by atoms with van der Waals surface area (Å²) < 4.78 is 5.00. The van der Waals surface area contributed by atoms with E-state index in [0.29, 0.717) is 0 Å². The zero-order chi connectivity index (χ0) is 40.3. The predicted molar refractivity (Wildman–Crippen MR) is 243 cm³/mol. The van der Waals surface area contributed by atoms with Crippen molar-refractivity contribution in [2.45, 2.75) is 90.9 Å². The van der Waals surface area contributed by atoms with E-state index in [9.17, 15) is 0 Å². The number of hydrogen-bond donors (Lipinski definition) is 0. The van der Waals surface area contributed by atoms with E-state index in [4.69, 9.17) is 9.97 Å². The van der Waals surface area contributed by atoms with Gasteiger partial charge in [0.15, 0.2) is 0 Å². The van der Waals surface area contributed by atoms with Crippen LogP contribution in [-0.2, 0) is 21.7 Å². The van der Waals surface area contributed by atoms with Gasteiger partial charge in [-0.05, 0) is 46.5 Å². The van der Waals surface area contributed by atoms with Crippen molar-refractivity contribution < 1.29 is 0 Å². The molecule has 0 saturated carbocycles. The van der Waals surface area contributed by atoms with Crippen molar-refractivity contribution >= 4 is 43.6 Å². The van der Waals surface area contributed by atoms with Crippen LogP contribution in [0.15, 0.2) is 121 Å². The summed E-state index contributed by atoms with van der Waals surface area (Å²) in [4.78, 5) is 11.5. The van der Waals surface area contributed by atoms with Crippen molar-refractivity contribution in [3.63, 3.8) is 0 Å². The SMILES string of the molecule is CC(C)(C)c1nc(-c2ccc3c(c2)-n2c4ccccc4c4cccc(c42)C3(C)C)c(C(C)(C)C)nc1-c1ccc2c(c1)-n1c3ccccc3c3cccc(c31)C2(C)C. The van der Waals surface area contributed by atoms with Crippen LogP contribution in [0.4, 0.5) is 0 Å². The first-order valence-electron chi connectivity index (χ1n) is 20.9. The normalized spacial score (nSPS) is 15.3. The molecule has 9 aromatic rings. The van der Waals surface area contributed by atoms with Gasteiger partial charge in [-0.3, -0.25) is 0 Å². The number of aromatic nitrogens is 4. The van der Waals surface area contributed by atoms with Gasteiger partial charge >= 0.3 is 0 Å². The predicted octanol–water partition coefficient (Wildman–Crippen LogP) is 13.9. The molecule has 5 heterocycles. The Labute approximate surface area is 341 Å². The molecule has 58 heavy (non-hydrogen) atoms. The maximum Gasteiger partial charge on any atom is 0.0927 e. The first-order chi connectivity index (χ1) is 27.6. The highest BCUT2D eigenvalue weighted by Crippen LogP contribution is 2.51. The molecule has 3 aromatic heterocycles. The van der Waals surface area contributed by atoms with E-state index in [1.807, 2.05) is 0 Å². The second-order valence-electron chi connectivity index (χ2n) is 19.9. The van der Waals surface area contributed by atoms with Crippen molar-refractivity contribution in [2.75, 3.05) is 0 Å². The maximum atomic E-state index is 5.76. The Bertz CT molecular complexity index is 3020. The molecule has 0 N–H and O–H groups in total. The first kappa shape index (κ1) is 35.2. The van der Waals surface area contributed by atoms with Crippen LogP contribution < -0.4 is 0 Å². The lowest BCUT2D eigenvalue weighted by atomic mass is 9.74. The highest BCUT2D eigenvalue weighted by Gasteiger charge is 2.38. The second-order valence-corrected chi connectivity index (χ2v) is 19.9. The summed E-state index contributed by atoms with van der Waals surface area (Å²) >= 11 is 0. The number of rotatable bonds is 2. The van der Waals surface area contributed by atoms with Crippen molar-refractivity contribution in [3.8, 4) is 33.9 Å². The maximum absolute atomic E-state index is 5.76. The molecule has 0 bridgehead atoms. The van der Waals surface area contributed by atoms with E-state index in [2.05, 4.69) is 200 Å². The van der Waals surface area contributed by atoms with Crippen molar-refractivity contribution in [2.24, 2.45) is 0 Å². The van der Waals surface area contributed by atoms with E-state index in [0.717, 1.165) is 33.9 Å². The van der Waals surface area contributed by atoms with Gasteiger partial charge in [0.1, 0.15) is 0 Å². The van der Waals surface area contributed by atoms with Crippen LogP contribution in [0, 0.1) is 0 Å². The molecule has 0 spiro atoms. The zero-order valence-corrected chi connectivity index (χ0v) is 35.3. The van der Waals surface area contributed by atoms with Gasteiger partial charge < -0.3 is 9.13 Å². The summed E-state index contributed by atoms with van der Waals surface area (Å²) in [6.07, 6.45) is 0. The monoisotopic (exact) mass is 754 g/mol. The summed E-state index contributed by atoms with van der Waals surface area (Å²) in [6, 6.07) is 45.4. The molecular formula is C54H50N4. The van der Waals surface area contributed by atoms with Gasteiger partial charge in [0, 0.05) is 54.3 Å². The summed E-state index contributed by atoms with van der Waals surface area (Å²) in [6.45, 7) is 23.1. The largest absolute Gasteiger partial charge is 0.309 e. The summed E-state index contributed by atoms with van der Waals surface area (Å²) in [5.41, 5.74) is 18.1. The Hall–Kier alpha value is -6.00. The van der Waals surface area contributed by atoms with Crippen LogP contribution in [0.25, 0.3) is 77.5 Å². The zero-order valence-electron chi connectivity index (χ0n) is 35.3. The van der Waals surface area contributed by atoms with E-state index in [1.54, 1.807) is 0 Å². The van der Waals surface area contributed by atoms with Crippen LogP contribution in [-0.4, -0.2) is 19.1 Å². The molecule has 11 rings (SSSR count). The molecular weight excluding hydrogens is 705 g/mol. The molecule has 0 atom stereocenters. The second kappa shape index (κ2) is 11.3. The van der Waals surface area contributed by atoms with Gasteiger partial charge in [0.2, 0.25) is 0 Å². The average molecular weight is 755 g/mol. The number of nitrogens with zero attached hydrogens (tertiary/aromatic N) is 4. The molecule has 4 nitrogen and oxygen atoms in total. The van der Waals surface area contributed by atoms with E-state index in [1.165, 1.54) is 77.2 Å². The average Bonchev–Trinajstić information content (AvgIpc) is 3.72. The third-order valence-corrected chi connectivity index (χ3v) is 13.4. The van der Waals surface area contributed by atoms with Gasteiger partial charge in [-0.15, -0.1) is 0 Å². The minimum atomic E-state index is -0.277. The molecule has 0 radical (unpaired) electrons. The fourth-order valence-electron chi connectivity index (χ4n) is 10.5. The Morgan fingerprint density at radius 2 is 0.793 bits per heavy atom. The minimum Gasteiger partial charge on any atom is -0.309 e. The standard InChI is InChI=1S/C54H50N4/c1-51(2,3)49-45(31-25-27-37-43(29-31)57-41-23-13-11-17-33(41)35-19-15-21-39(47(35)57)53(37,7)8)56-50(52(4,5)6)46(55-49)32-26-28-38-44(30-32)58-42-24-14-12-18-34(42)36-20-16-22-40(48(36)58)54(38,9)10/h11-30H,1-10H3. The number of para-hydroxylation sites is 4. The Morgan fingerprint density at radius 3 is 1.19 bits per heavy atom. The van der Waals surface area contributed by atoms with Gasteiger partial charge in [-0.1, -0.05) is 166 Å². The summed E-state index contributed by atoms with van der Waals surface area (Å²) in [5.74, 6) is 0. The third-order valence-electron chi connectivity index (χ3n) is 13.4. The van der Waals surface area contributed by atoms with Crippen LogP contribution in [0.3, 0.4) is 0 Å². The Morgan fingerprint density at radius 1 is 0.414 bits per heavy atom. The van der Waals surface area contributed by atoms with Crippen LogP contribution in [0.1, 0.15) is 103 Å². The molecule has 2 aliphatic rings. The van der Waals surface area contributed by atoms with Crippen LogP contribution in [0.2, 0.25) is 0 Å². The number of benzene rings is 6. The topological polar surface area (TPSA) is 35.6 Å². The van der Waals surface area contributed by atoms with Crippen LogP contribution >= 0.6 is 0 Å². The molecule has 0 amide bonds. The highest BCUT2D eigenvalue weighted by molar-refractivity contribution is 6.12. The molecule has 286 valence electrons. The molecule has 0 fully saturated rings. The van der Waals surface area contributed by atoms with Gasteiger partial charge in [-0.2, -0.15) is 0 Å². The fraction of sp³-hybridized carbons (Fsp3) is 0.259. The number of fused-ring (bicyclic) bond motifs is 10. The quantitative estimate of drug-likeness (QED) is 0.176. The van der Waals surface area contributed by atoms with Crippen molar-refractivity contribution in [1.82, 2.24) is 19.1 Å². The lowest BCUT2D eigenvalue weighted by molar-refractivity contribution is 0.545. The Balaban J connectivity index is 1.16. The molecule has 0 saturated heterocycles. The first-order valence-corrected chi connectivity index (χ1v) is 20.9. The van der Waals surface area contributed by atoms with Crippen LogP contribution in [0.5, 0.6) is 0 Å². The smallest absolute Gasteiger partial charge is 0.0927 e. The van der Waals surface area contributed by atoms with Gasteiger partial charge in [0.05, 0.1) is 56.2 Å². The van der Waals surface area contributed by atoms with Crippen molar-refractivity contribution in [3.05, 3.63) is 155 Å². The lowest BCUT2D eigenvalue weighted by Crippen LogP contribution is -2.27. The summed E-state index contributed by atoms with van der Waals surface area (Å²) in [7, 11) is 0. The molecule has 0 aliphatic carbocycles. The van der Waals surface area contributed by atoms with E-state index >= 15 is 0 Å². The van der Waals surface area contributed by atoms with E-state index in [-0.39, 0.29) is 21.7 Å². The number of hydrogen-bond acceptors (Lipinski definition) is 2. The van der Waals surface area contributed by atoms with Gasteiger partial charge in [0.25, 0.3) is 0 Å². The fourth-order valence-corrected chi connectivity index (χ4v) is 10.5. The molecule has 6 aromatic carbocycles. The van der Waals surface area contributed by atoms with E-state index < -0.39 is 0 Å². The highest BCUT2D eigenvalue weighted by atomic mass is 15.0. The minimum absolute atomic E-state index is 0.172. The summed E-state index contributed by atoms with van der Waals surface area (Å²) in [5, 5.41) is 5.18. The third kappa shape index (κ3) is 4.57. The van der Waals surface area contributed by atoms with Gasteiger partial charge in [-0.25, -0.2) is 9.97 Å². The molecule has 2 aliphatic heterocycles. The lowest BCUT2D eigenvalue weighted by Gasteiger charge is -2.35. The molecule has 4 heteroatoms. The van der Waals surface area contributed by atoms with Crippen molar-refractivity contribution in [1.29, 1.82) is 0 Å².